The Morgan fingerprint density at radius 1 is 0.568 bits per heavy atom. The maximum Gasteiger partial charge on any atom is 0.275 e. The zero-order valence-electron chi connectivity index (χ0n) is 21.2. The fourth-order valence-corrected chi connectivity index (χ4v) is 4.89. The Labute approximate surface area is 215 Å². The van der Waals surface area contributed by atoms with Crippen LogP contribution < -0.4 is 0 Å². The molecule has 4 rings (SSSR count). The molecule has 7 nitrogen and oxygen atoms in total. The molecule has 0 aliphatic heterocycles. The van der Waals surface area contributed by atoms with E-state index in [-0.39, 0.29) is 21.2 Å². The van der Waals surface area contributed by atoms with Crippen LogP contribution in [0.25, 0.3) is 0 Å². The van der Waals surface area contributed by atoms with Gasteiger partial charge in [-0.2, -0.15) is 0 Å². The number of nitrogens with zero attached hydrogens (tertiary/aromatic N) is 2. The van der Waals surface area contributed by atoms with E-state index in [4.69, 9.17) is 4.74 Å². The highest BCUT2D eigenvalue weighted by Gasteiger charge is 2.30. The lowest BCUT2D eigenvalue weighted by Gasteiger charge is -2.28. The molecular weight excluding hydrogens is 468 g/mol. The van der Waals surface area contributed by atoms with Crippen LogP contribution in [0.3, 0.4) is 0 Å². The van der Waals surface area contributed by atoms with Gasteiger partial charge in [-0.05, 0) is 49.9 Å². The minimum Gasteiger partial charge on any atom is -0.356 e. The second-order valence-electron chi connectivity index (χ2n) is 9.12. The van der Waals surface area contributed by atoms with Gasteiger partial charge in [0.2, 0.25) is 0 Å². The Morgan fingerprint density at radius 2 is 0.919 bits per heavy atom. The average Bonchev–Trinajstić information content (AvgIpc) is 2.87. The fraction of sp³-hybridized carbons (Fsp3) is 0.200. The van der Waals surface area contributed by atoms with E-state index >= 15 is 0 Å². The molecule has 2 unspecified atom stereocenters. The highest BCUT2D eigenvalue weighted by Crippen LogP contribution is 2.41. The molecule has 2 atom stereocenters. The number of benzene rings is 4. The summed E-state index contributed by atoms with van der Waals surface area (Å²) in [5.41, 5.74) is 5.29. The summed E-state index contributed by atoms with van der Waals surface area (Å²) < 4.78 is 6.86. The van der Waals surface area contributed by atoms with Gasteiger partial charge in [-0.1, -0.05) is 84.9 Å². The first kappa shape index (κ1) is 25.7. The topological polar surface area (TPSA) is 95.5 Å². The van der Waals surface area contributed by atoms with Crippen molar-refractivity contribution in [3.63, 3.8) is 0 Å². The van der Waals surface area contributed by atoms with Crippen molar-refractivity contribution in [1.29, 1.82) is 0 Å². The number of ether oxygens (including phenoxy) is 1. The minimum absolute atomic E-state index is 0.0560. The Balaban J connectivity index is 1.94. The summed E-state index contributed by atoms with van der Waals surface area (Å²) >= 11 is 0. The zero-order chi connectivity index (χ0) is 26.7. The smallest absolute Gasteiger partial charge is 0.275 e. The van der Waals surface area contributed by atoms with Gasteiger partial charge in [0.05, 0.1) is 9.85 Å². The summed E-state index contributed by atoms with van der Waals surface area (Å²) in [5, 5.41) is 23.8. The zero-order valence-corrected chi connectivity index (χ0v) is 21.2. The molecule has 0 N–H and O–H groups in total. The first-order valence-electron chi connectivity index (χ1n) is 11.9. The first-order valence-corrected chi connectivity index (χ1v) is 11.9. The van der Waals surface area contributed by atoms with Gasteiger partial charge in [0.15, 0.2) is 0 Å². The summed E-state index contributed by atoms with van der Waals surface area (Å²) in [6, 6.07) is 26.2. The van der Waals surface area contributed by atoms with E-state index in [1.807, 2.05) is 72.8 Å². The molecule has 0 amide bonds. The van der Waals surface area contributed by atoms with Crippen LogP contribution in [0, 0.1) is 47.9 Å². The molecule has 0 aliphatic carbocycles. The van der Waals surface area contributed by atoms with E-state index in [1.54, 1.807) is 39.8 Å². The normalized spacial score (nSPS) is 12.6. The molecule has 0 saturated carbocycles. The molecule has 4 aromatic carbocycles. The number of nitro groups is 2. The molecule has 37 heavy (non-hydrogen) atoms. The lowest BCUT2D eigenvalue weighted by molar-refractivity contribution is -0.386. The molecule has 0 radical (unpaired) electrons. The van der Waals surface area contributed by atoms with Crippen LogP contribution >= 0.6 is 0 Å². The second kappa shape index (κ2) is 10.7. The molecule has 7 heteroatoms. The van der Waals surface area contributed by atoms with Crippen molar-refractivity contribution in [3.05, 3.63) is 150 Å². The van der Waals surface area contributed by atoms with E-state index in [2.05, 4.69) is 0 Å². The van der Waals surface area contributed by atoms with Crippen LogP contribution in [-0.4, -0.2) is 9.85 Å². The highest BCUT2D eigenvalue weighted by molar-refractivity contribution is 5.54. The molecule has 0 spiro atoms. The predicted molar refractivity (Wildman–Crippen MR) is 143 cm³/mol. The van der Waals surface area contributed by atoms with Gasteiger partial charge in [-0.3, -0.25) is 20.2 Å². The fourth-order valence-electron chi connectivity index (χ4n) is 4.89. The average molecular weight is 497 g/mol. The van der Waals surface area contributed by atoms with Gasteiger partial charge in [0.25, 0.3) is 11.4 Å². The number of nitro benzene ring substituents is 2. The van der Waals surface area contributed by atoms with Crippen molar-refractivity contribution < 1.29 is 14.6 Å². The quantitative estimate of drug-likeness (QED) is 0.185. The van der Waals surface area contributed by atoms with Crippen molar-refractivity contribution in [1.82, 2.24) is 0 Å². The lowest BCUT2D eigenvalue weighted by Crippen LogP contribution is -2.16. The van der Waals surface area contributed by atoms with Gasteiger partial charge < -0.3 is 4.74 Å². The Bertz CT molecular complexity index is 1340. The molecular formula is C30H28N2O5. The number of hydrogen-bond donors (Lipinski definition) is 0. The highest BCUT2D eigenvalue weighted by atomic mass is 16.6. The summed E-state index contributed by atoms with van der Waals surface area (Å²) in [4.78, 5) is 23.1. The van der Waals surface area contributed by atoms with Crippen LogP contribution in [0.4, 0.5) is 11.4 Å². The van der Waals surface area contributed by atoms with Crippen LogP contribution in [0.2, 0.25) is 0 Å². The summed E-state index contributed by atoms with van der Waals surface area (Å²) in [6.07, 6.45) is -1.32. The van der Waals surface area contributed by atoms with Gasteiger partial charge in [-0.15, -0.1) is 0 Å². The van der Waals surface area contributed by atoms with Crippen molar-refractivity contribution in [2.45, 2.75) is 39.9 Å². The molecule has 0 bridgehead atoms. The summed E-state index contributed by atoms with van der Waals surface area (Å²) in [5.74, 6) is 0. The lowest BCUT2D eigenvalue weighted by atomic mass is 9.91. The van der Waals surface area contributed by atoms with Gasteiger partial charge in [-0.25, -0.2) is 0 Å². The van der Waals surface area contributed by atoms with E-state index in [0.29, 0.717) is 33.4 Å². The van der Waals surface area contributed by atoms with Crippen LogP contribution in [-0.2, 0) is 4.74 Å². The van der Waals surface area contributed by atoms with E-state index in [0.717, 1.165) is 11.1 Å². The summed E-state index contributed by atoms with van der Waals surface area (Å²) in [6.45, 7) is 6.91. The molecule has 188 valence electrons. The first-order chi connectivity index (χ1) is 17.7. The van der Waals surface area contributed by atoms with Crippen LogP contribution in [0.15, 0.2) is 84.9 Å². The third-order valence-corrected chi connectivity index (χ3v) is 6.76. The Hall–Kier alpha value is -4.36. The van der Waals surface area contributed by atoms with Gasteiger partial charge in [0.1, 0.15) is 12.2 Å². The SMILES string of the molecule is Cc1ccc(C(OC(c2ccccc2)c2ccc(C)c([N+](=O)[O-])c2C)c2ccccc2)c(C)c1[N+](=O)[O-]. The largest absolute Gasteiger partial charge is 0.356 e. The van der Waals surface area contributed by atoms with Crippen molar-refractivity contribution in [3.8, 4) is 0 Å². The third kappa shape index (κ3) is 5.13. The molecule has 0 aliphatic rings. The summed E-state index contributed by atoms with van der Waals surface area (Å²) in [7, 11) is 0. The van der Waals surface area contributed by atoms with Crippen LogP contribution in [0.1, 0.15) is 56.7 Å². The van der Waals surface area contributed by atoms with Crippen molar-refractivity contribution >= 4 is 11.4 Å². The molecule has 0 heterocycles. The standard InChI is InChI=1S/C30H28N2O5/c1-19-15-17-25(21(3)27(19)31(33)34)29(23-11-7-5-8-12-23)37-30(24-13-9-6-10-14-24)26-18-16-20(2)28(22(26)4)32(35)36/h5-18,29-30H,1-4H3. The van der Waals surface area contributed by atoms with Crippen molar-refractivity contribution in [2.24, 2.45) is 0 Å². The van der Waals surface area contributed by atoms with Gasteiger partial charge in [0, 0.05) is 22.3 Å². The molecule has 0 aromatic heterocycles. The number of rotatable bonds is 8. The number of aryl methyl sites for hydroxylation is 2. The Morgan fingerprint density at radius 3 is 1.24 bits per heavy atom. The van der Waals surface area contributed by atoms with E-state index < -0.39 is 12.2 Å². The minimum atomic E-state index is -0.662. The molecule has 0 saturated heterocycles. The third-order valence-electron chi connectivity index (χ3n) is 6.76. The second-order valence-corrected chi connectivity index (χ2v) is 9.12. The van der Waals surface area contributed by atoms with E-state index in [9.17, 15) is 20.2 Å². The molecule has 0 fully saturated rings. The molecule has 4 aromatic rings. The number of hydrogen-bond acceptors (Lipinski definition) is 5. The van der Waals surface area contributed by atoms with Gasteiger partial charge >= 0.3 is 0 Å². The Kier molecular flexibility index (Phi) is 7.45. The van der Waals surface area contributed by atoms with E-state index in [1.165, 1.54) is 0 Å². The maximum absolute atomic E-state index is 11.9. The monoisotopic (exact) mass is 496 g/mol. The maximum atomic E-state index is 11.9. The van der Waals surface area contributed by atoms with Crippen molar-refractivity contribution in [2.75, 3.05) is 0 Å². The predicted octanol–water partition coefficient (Wildman–Crippen LogP) is 7.63. The van der Waals surface area contributed by atoms with Crippen LogP contribution in [0.5, 0.6) is 0 Å².